The molecular formula is C15H16ClNOS. The zero-order chi connectivity index (χ0) is 13.4. The van der Waals surface area contributed by atoms with E-state index >= 15 is 0 Å². The summed E-state index contributed by atoms with van der Waals surface area (Å²) in [7, 11) is 0. The number of aromatic nitrogens is 1. The molecule has 0 aromatic carbocycles. The first-order valence-corrected chi connectivity index (χ1v) is 7.79. The number of aliphatic hydroxyl groups is 1. The van der Waals surface area contributed by atoms with Crippen molar-refractivity contribution >= 4 is 22.9 Å². The van der Waals surface area contributed by atoms with Gasteiger partial charge in [0.2, 0.25) is 0 Å². The van der Waals surface area contributed by atoms with E-state index in [1.165, 1.54) is 5.56 Å². The number of pyridine rings is 1. The van der Waals surface area contributed by atoms with Gasteiger partial charge in [-0.2, -0.15) is 0 Å². The maximum absolute atomic E-state index is 10.7. The molecule has 1 aliphatic carbocycles. The Morgan fingerprint density at radius 1 is 1.53 bits per heavy atom. The van der Waals surface area contributed by atoms with Gasteiger partial charge in [-0.05, 0) is 48.8 Å². The second-order valence-corrected chi connectivity index (χ2v) is 6.38. The molecule has 0 saturated carbocycles. The number of aryl methyl sites for hydroxylation is 2. The van der Waals surface area contributed by atoms with E-state index in [0.717, 1.165) is 35.4 Å². The van der Waals surface area contributed by atoms with Crippen LogP contribution in [0, 0.1) is 6.92 Å². The first kappa shape index (κ1) is 13.1. The van der Waals surface area contributed by atoms with Gasteiger partial charge in [-0.3, -0.25) is 4.98 Å². The van der Waals surface area contributed by atoms with Crippen molar-refractivity contribution in [3.8, 4) is 0 Å². The minimum absolute atomic E-state index is 0.0699. The summed E-state index contributed by atoms with van der Waals surface area (Å²) < 4.78 is 0. The number of hydrogen-bond donors (Lipinski definition) is 1. The standard InChI is InChI=1S/C15H16ClNOS/c1-9-8-19-15(12(9)16)14(18)11-6-2-4-10-5-3-7-17-13(10)11/h3,5,7-8,11,14,18H,2,4,6H2,1H3. The zero-order valence-electron chi connectivity index (χ0n) is 10.8. The summed E-state index contributed by atoms with van der Waals surface area (Å²) in [5.41, 5.74) is 3.35. The molecule has 100 valence electrons. The molecule has 0 amide bonds. The van der Waals surface area contributed by atoms with Crippen LogP contribution in [0.1, 0.15) is 46.6 Å². The van der Waals surface area contributed by atoms with E-state index in [4.69, 9.17) is 11.6 Å². The Kier molecular flexibility index (Phi) is 3.61. The number of aliphatic hydroxyl groups excluding tert-OH is 1. The van der Waals surface area contributed by atoms with Crippen molar-refractivity contribution in [2.24, 2.45) is 0 Å². The summed E-state index contributed by atoms with van der Waals surface area (Å²) in [4.78, 5) is 5.36. The van der Waals surface area contributed by atoms with Gasteiger partial charge in [-0.1, -0.05) is 17.7 Å². The van der Waals surface area contributed by atoms with Crippen LogP contribution in [0.15, 0.2) is 23.7 Å². The minimum Gasteiger partial charge on any atom is -0.387 e. The summed E-state index contributed by atoms with van der Waals surface area (Å²) in [6.07, 6.45) is 4.40. The van der Waals surface area contributed by atoms with Gasteiger partial charge in [-0.15, -0.1) is 11.3 Å². The van der Waals surface area contributed by atoms with Gasteiger partial charge in [0.1, 0.15) is 0 Å². The fourth-order valence-corrected chi connectivity index (χ4v) is 4.14. The van der Waals surface area contributed by atoms with Gasteiger partial charge in [0.15, 0.2) is 0 Å². The van der Waals surface area contributed by atoms with Gasteiger partial charge < -0.3 is 5.11 Å². The van der Waals surface area contributed by atoms with Crippen molar-refractivity contribution < 1.29 is 5.11 Å². The molecule has 19 heavy (non-hydrogen) atoms. The van der Waals surface area contributed by atoms with Crippen LogP contribution >= 0.6 is 22.9 Å². The number of halogens is 1. The summed E-state index contributed by atoms with van der Waals surface area (Å²) in [5.74, 6) is 0.0699. The summed E-state index contributed by atoms with van der Waals surface area (Å²) in [6, 6.07) is 4.08. The molecule has 1 aliphatic rings. The van der Waals surface area contributed by atoms with Gasteiger partial charge in [0, 0.05) is 17.8 Å². The average Bonchev–Trinajstić information content (AvgIpc) is 2.78. The van der Waals surface area contributed by atoms with E-state index in [2.05, 4.69) is 11.1 Å². The third kappa shape index (κ3) is 2.31. The van der Waals surface area contributed by atoms with Gasteiger partial charge in [0.25, 0.3) is 0 Å². The second-order valence-electron chi connectivity index (χ2n) is 5.09. The smallest absolute Gasteiger partial charge is 0.0980 e. The highest BCUT2D eigenvalue weighted by Crippen LogP contribution is 2.43. The molecule has 0 fully saturated rings. The monoisotopic (exact) mass is 293 g/mol. The fourth-order valence-electron chi connectivity index (χ4n) is 2.78. The Morgan fingerprint density at radius 3 is 3.11 bits per heavy atom. The van der Waals surface area contributed by atoms with Crippen LogP contribution in [0.2, 0.25) is 5.02 Å². The molecule has 2 aromatic rings. The summed E-state index contributed by atoms with van der Waals surface area (Å²) in [6.45, 7) is 1.97. The average molecular weight is 294 g/mol. The van der Waals surface area contributed by atoms with Crippen LogP contribution < -0.4 is 0 Å². The van der Waals surface area contributed by atoms with Crippen molar-refractivity contribution in [1.82, 2.24) is 4.98 Å². The van der Waals surface area contributed by atoms with Gasteiger partial charge in [-0.25, -0.2) is 0 Å². The van der Waals surface area contributed by atoms with Crippen molar-refractivity contribution in [3.63, 3.8) is 0 Å². The van der Waals surface area contributed by atoms with Crippen molar-refractivity contribution in [3.05, 3.63) is 50.4 Å². The third-order valence-corrected chi connectivity index (χ3v) is 5.60. The molecule has 3 rings (SSSR count). The lowest BCUT2D eigenvalue weighted by atomic mass is 9.82. The van der Waals surface area contributed by atoms with Crippen LogP contribution in [-0.2, 0) is 6.42 Å². The molecule has 0 saturated heterocycles. The molecule has 2 nitrogen and oxygen atoms in total. The van der Waals surface area contributed by atoms with E-state index in [1.807, 2.05) is 24.6 Å². The van der Waals surface area contributed by atoms with E-state index in [0.29, 0.717) is 5.02 Å². The largest absolute Gasteiger partial charge is 0.387 e. The normalized spacial score (nSPS) is 20.1. The van der Waals surface area contributed by atoms with Crippen LogP contribution in [-0.4, -0.2) is 10.1 Å². The number of rotatable bonds is 2. The summed E-state index contributed by atoms with van der Waals surface area (Å²) >= 11 is 7.82. The van der Waals surface area contributed by atoms with Crippen LogP contribution in [0.4, 0.5) is 0 Å². The SMILES string of the molecule is Cc1csc(C(O)C2CCCc3cccnc32)c1Cl. The van der Waals surface area contributed by atoms with Gasteiger partial charge in [0.05, 0.1) is 16.0 Å². The highest BCUT2D eigenvalue weighted by molar-refractivity contribution is 7.10. The van der Waals surface area contributed by atoms with Crippen LogP contribution in [0.3, 0.4) is 0 Å². The Bertz CT molecular complexity index is 596. The van der Waals surface area contributed by atoms with E-state index in [1.54, 1.807) is 11.3 Å². The highest BCUT2D eigenvalue weighted by Gasteiger charge is 2.31. The highest BCUT2D eigenvalue weighted by atomic mass is 35.5. The molecule has 0 spiro atoms. The van der Waals surface area contributed by atoms with Crippen molar-refractivity contribution in [2.45, 2.75) is 38.2 Å². The molecule has 2 atom stereocenters. The van der Waals surface area contributed by atoms with E-state index in [-0.39, 0.29) is 5.92 Å². The molecule has 0 radical (unpaired) electrons. The Balaban J connectivity index is 1.97. The van der Waals surface area contributed by atoms with Crippen molar-refractivity contribution in [1.29, 1.82) is 0 Å². The van der Waals surface area contributed by atoms with Crippen LogP contribution in [0.5, 0.6) is 0 Å². The molecule has 1 N–H and O–H groups in total. The Labute approximate surface area is 122 Å². The molecule has 2 heterocycles. The van der Waals surface area contributed by atoms with Crippen LogP contribution in [0.25, 0.3) is 0 Å². The fraction of sp³-hybridized carbons (Fsp3) is 0.400. The second kappa shape index (κ2) is 5.23. The van der Waals surface area contributed by atoms with Gasteiger partial charge >= 0.3 is 0 Å². The van der Waals surface area contributed by atoms with Crippen molar-refractivity contribution in [2.75, 3.05) is 0 Å². The quantitative estimate of drug-likeness (QED) is 0.897. The Hall–Kier alpha value is -0.900. The lowest BCUT2D eigenvalue weighted by molar-refractivity contribution is 0.137. The number of fused-ring (bicyclic) bond motifs is 1. The van der Waals surface area contributed by atoms with E-state index in [9.17, 15) is 5.11 Å². The third-order valence-electron chi connectivity index (χ3n) is 3.81. The zero-order valence-corrected chi connectivity index (χ0v) is 12.3. The Morgan fingerprint density at radius 2 is 2.37 bits per heavy atom. The predicted octanol–water partition coefficient (Wildman–Crippen LogP) is 4.26. The predicted molar refractivity (Wildman–Crippen MR) is 78.9 cm³/mol. The molecular weight excluding hydrogens is 278 g/mol. The number of hydrogen-bond acceptors (Lipinski definition) is 3. The van der Waals surface area contributed by atoms with E-state index < -0.39 is 6.10 Å². The lowest BCUT2D eigenvalue weighted by Gasteiger charge is -2.28. The number of thiophene rings is 1. The first-order valence-electron chi connectivity index (χ1n) is 6.54. The molecule has 0 bridgehead atoms. The first-order chi connectivity index (χ1) is 9.18. The molecule has 0 aliphatic heterocycles. The maximum atomic E-state index is 10.7. The topological polar surface area (TPSA) is 33.1 Å². The molecule has 2 unspecified atom stereocenters. The summed E-state index contributed by atoms with van der Waals surface area (Å²) in [5, 5.41) is 13.4. The lowest BCUT2D eigenvalue weighted by Crippen LogP contribution is -2.18. The molecule has 4 heteroatoms. The minimum atomic E-state index is -0.542. The number of nitrogens with zero attached hydrogens (tertiary/aromatic N) is 1. The maximum Gasteiger partial charge on any atom is 0.0980 e. The molecule has 2 aromatic heterocycles.